The number of nitrogens with zero attached hydrogens (tertiary/aromatic N) is 1. The number of anilines is 1. The third-order valence-electron chi connectivity index (χ3n) is 4.97. The van der Waals surface area contributed by atoms with E-state index in [-0.39, 0.29) is 34.7 Å². The molecule has 1 heterocycles. The molecule has 0 saturated carbocycles. The lowest BCUT2D eigenvalue weighted by molar-refractivity contribution is -0.122. The van der Waals surface area contributed by atoms with E-state index in [1.54, 1.807) is 24.3 Å². The molecule has 0 atom stereocenters. The Kier molecular flexibility index (Phi) is 6.55. The number of hydrogen-bond donors (Lipinski definition) is 2. The topological polar surface area (TPSA) is 113 Å². The van der Waals surface area contributed by atoms with Gasteiger partial charge in [0.1, 0.15) is 23.5 Å². The maximum atomic E-state index is 13.0. The Balaban J connectivity index is 1.63. The number of hydrogen-bond acceptors (Lipinski definition) is 5. The van der Waals surface area contributed by atoms with Crippen molar-refractivity contribution in [2.45, 2.75) is 6.61 Å². The van der Waals surface area contributed by atoms with E-state index >= 15 is 0 Å². The zero-order valence-corrected chi connectivity index (χ0v) is 19.1. The van der Waals surface area contributed by atoms with Gasteiger partial charge in [0.05, 0.1) is 5.69 Å². The van der Waals surface area contributed by atoms with Crippen LogP contribution in [0.5, 0.6) is 5.75 Å². The number of carbonyl (C=O) groups excluding carboxylic acids is 3. The third kappa shape index (κ3) is 4.89. The number of halogens is 1. The summed E-state index contributed by atoms with van der Waals surface area (Å²) in [7, 11) is 0. The van der Waals surface area contributed by atoms with Crippen LogP contribution in [0.4, 0.5) is 10.5 Å². The van der Waals surface area contributed by atoms with Crippen molar-refractivity contribution in [3.05, 3.63) is 99.5 Å². The Morgan fingerprint density at radius 2 is 1.71 bits per heavy atom. The molecule has 34 heavy (non-hydrogen) atoms. The molecule has 3 aromatic rings. The average Bonchev–Trinajstić information content (AvgIpc) is 2.82. The summed E-state index contributed by atoms with van der Waals surface area (Å²) in [5.41, 5.74) is 0.992. The van der Waals surface area contributed by atoms with Gasteiger partial charge in [0.25, 0.3) is 11.8 Å². The molecule has 170 valence electrons. The molecule has 0 radical (unpaired) electrons. The number of rotatable bonds is 6. The first-order valence-electron chi connectivity index (χ1n) is 10.0. The largest absolute Gasteiger partial charge is 0.488 e. The molecule has 2 N–H and O–H groups in total. The van der Waals surface area contributed by atoms with Crippen LogP contribution < -0.4 is 15.0 Å². The third-order valence-corrected chi connectivity index (χ3v) is 5.50. The van der Waals surface area contributed by atoms with Gasteiger partial charge in [0, 0.05) is 4.47 Å². The minimum atomic E-state index is -1.23. The van der Waals surface area contributed by atoms with Gasteiger partial charge in [-0.3, -0.25) is 14.9 Å². The second-order valence-corrected chi connectivity index (χ2v) is 8.18. The zero-order valence-electron chi connectivity index (χ0n) is 17.5. The van der Waals surface area contributed by atoms with E-state index in [1.165, 1.54) is 24.3 Å². The van der Waals surface area contributed by atoms with Crippen LogP contribution in [-0.2, 0) is 16.2 Å². The normalized spacial score (nSPS) is 14.8. The number of carbonyl (C=O) groups is 4. The lowest BCUT2D eigenvalue weighted by atomic mass is 10.0. The van der Waals surface area contributed by atoms with Gasteiger partial charge < -0.3 is 9.84 Å². The van der Waals surface area contributed by atoms with Gasteiger partial charge in [-0.2, -0.15) is 0 Å². The van der Waals surface area contributed by atoms with Crippen molar-refractivity contribution < 1.29 is 29.0 Å². The smallest absolute Gasteiger partial charge is 0.339 e. The van der Waals surface area contributed by atoms with Crippen LogP contribution in [0.15, 0.2) is 82.8 Å². The number of urea groups is 1. The van der Waals surface area contributed by atoms with Crippen molar-refractivity contribution in [2.75, 3.05) is 4.90 Å². The molecule has 0 bridgehead atoms. The molecular weight excluding hydrogens is 504 g/mol. The molecule has 1 saturated heterocycles. The van der Waals surface area contributed by atoms with Gasteiger partial charge >= 0.3 is 12.0 Å². The van der Waals surface area contributed by atoms with Crippen LogP contribution in [0.2, 0.25) is 0 Å². The van der Waals surface area contributed by atoms with Crippen LogP contribution in [0, 0.1) is 0 Å². The molecule has 0 aliphatic carbocycles. The van der Waals surface area contributed by atoms with E-state index in [9.17, 15) is 24.3 Å². The molecular formula is C25H17BrN2O6. The van der Waals surface area contributed by atoms with Gasteiger partial charge in [-0.1, -0.05) is 52.3 Å². The second-order valence-electron chi connectivity index (χ2n) is 7.27. The molecule has 1 aliphatic heterocycles. The average molecular weight is 521 g/mol. The highest BCUT2D eigenvalue weighted by Gasteiger charge is 2.36. The van der Waals surface area contributed by atoms with Crippen LogP contribution in [-0.4, -0.2) is 28.9 Å². The van der Waals surface area contributed by atoms with Crippen molar-refractivity contribution in [3.63, 3.8) is 0 Å². The number of carboxylic acid groups (broad SMARTS) is 1. The van der Waals surface area contributed by atoms with E-state index in [0.717, 1.165) is 14.9 Å². The standard InChI is InChI=1S/C25H17BrN2O6/c26-17-7-9-18(10-8-17)28-23(30)20(22(29)27-25(28)33)13-16-6-11-21(19(12-16)24(31)32)34-14-15-4-2-1-3-5-15/h1-13H,14H2,(H,31,32)(H,27,29,33)/b20-13-. The maximum Gasteiger partial charge on any atom is 0.339 e. The number of amides is 4. The fourth-order valence-electron chi connectivity index (χ4n) is 3.31. The molecule has 8 nitrogen and oxygen atoms in total. The Labute approximate surface area is 202 Å². The summed E-state index contributed by atoms with van der Waals surface area (Å²) >= 11 is 3.29. The van der Waals surface area contributed by atoms with Crippen molar-refractivity contribution >= 4 is 51.5 Å². The van der Waals surface area contributed by atoms with E-state index in [4.69, 9.17) is 4.74 Å². The van der Waals surface area contributed by atoms with E-state index in [1.807, 2.05) is 30.3 Å². The van der Waals surface area contributed by atoms with E-state index in [2.05, 4.69) is 21.2 Å². The van der Waals surface area contributed by atoms with E-state index < -0.39 is 23.8 Å². The number of benzene rings is 3. The SMILES string of the molecule is O=C1NC(=O)N(c2ccc(Br)cc2)C(=O)/C1=C\c1ccc(OCc2ccccc2)c(C(=O)O)c1. The number of aromatic carboxylic acids is 1. The lowest BCUT2D eigenvalue weighted by Gasteiger charge is -2.26. The first-order valence-corrected chi connectivity index (χ1v) is 10.8. The number of nitrogens with one attached hydrogen (secondary N) is 1. The first kappa shape index (κ1) is 22.9. The minimum absolute atomic E-state index is 0.130. The summed E-state index contributed by atoms with van der Waals surface area (Å²) < 4.78 is 6.42. The number of carboxylic acids is 1. The van der Waals surface area contributed by atoms with Crippen LogP contribution in [0.3, 0.4) is 0 Å². The molecule has 3 aromatic carbocycles. The Bertz CT molecular complexity index is 1320. The van der Waals surface area contributed by atoms with Crippen molar-refractivity contribution in [3.8, 4) is 5.75 Å². The zero-order chi connectivity index (χ0) is 24.2. The van der Waals surface area contributed by atoms with Gasteiger partial charge in [-0.05, 0) is 53.6 Å². The van der Waals surface area contributed by atoms with Gasteiger partial charge in [-0.15, -0.1) is 0 Å². The Morgan fingerprint density at radius 1 is 1.00 bits per heavy atom. The van der Waals surface area contributed by atoms with Gasteiger partial charge in [0.2, 0.25) is 0 Å². The summed E-state index contributed by atoms with van der Waals surface area (Å²) in [4.78, 5) is 50.4. The summed E-state index contributed by atoms with van der Waals surface area (Å²) in [6.07, 6.45) is 1.24. The maximum absolute atomic E-state index is 13.0. The number of imide groups is 2. The summed E-state index contributed by atoms with van der Waals surface area (Å²) in [5, 5.41) is 11.8. The highest BCUT2D eigenvalue weighted by Crippen LogP contribution is 2.26. The summed E-state index contributed by atoms with van der Waals surface area (Å²) in [6, 6.07) is 19.1. The monoisotopic (exact) mass is 520 g/mol. The van der Waals surface area contributed by atoms with Gasteiger partial charge in [-0.25, -0.2) is 14.5 Å². The Hall–Kier alpha value is -4.24. The molecule has 0 unspecified atom stereocenters. The summed E-state index contributed by atoms with van der Waals surface area (Å²) in [5.74, 6) is -2.78. The second kappa shape index (κ2) is 9.72. The van der Waals surface area contributed by atoms with Crippen molar-refractivity contribution in [1.82, 2.24) is 5.32 Å². The highest BCUT2D eigenvalue weighted by atomic mass is 79.9. The molecule has 4 amide bonds. The number of ether oxygens (including phenoxy) is 1. The molecule has 1 fully saturated rings. The van der Waals surface area contributed by atoms with Crippen LogP contribution in [0.1, 0.15) is 21.5 Å². The quantitative estimate of drug-likeness (QED) is 0.368. The number of barbiturate groups is 1. The molecule has 0 aromatic heterocycles. The molecule has 0 spiro atoms. The fraction of sp³-hybridized carbons (Fsp3) is 0.0400. The highest BCUT2D eigenvalue weighted by molar-refractivity contribution is 9.10. The molecule has 9 heteroatoms. The lowest BCUT2D eigenvalue weighted by Crippen LogP contribution is -2.54. The predicted octanol–water partition coefficient (Wildman–Crippen LogP) is 4.39. The van der Waals surface area contributed by atoms with Crippen molar-refractivity contribution in [1.29, 1.82) is 0 Å². The first-order chi connectivity index (χ1) is 16.3. The minimum Gasteiger partial charge on any atom is -0.488 e. The summed E-state index contributed by atoms with van der Waals surface area (Å²) in [6.45, 7) is 0.173. The van der Waals surface area contributed by atoms with Crippen LogP contribution >= 0.6 is 15.9 Å². The Morgan fingerprint density at radius 3 is 2.38 bits per heavy atom. The fourth-order valence-corrected chi connectivity index (χ4v) is 3.58. The molecule has 1 aliphatic rings. The van der Waals surface area contributed by atoms with Crippen LogP contribution in [0.25, 0.3) is 6.08 Å². The van der Waals surface area contributed by atoms with E-state index in [0.29, 0.717) is 0 Å². The predicted molar refractivity (Wildman–Crippen MR) is 127 cm³/mol. The van der Waals surface area contributed by atoms with Crippen molar-refractivity contribution in [2.24, 2.45) is 0 Å². The van der Waals surface area contributed by atoms with Gasteiger partial charge in [0.15, 0.2) is 0 Å². The molecule has 4 rings (SSSR count).